The summed E-state index contributed by atoms with van der Waals surface area (Å²) >= 11 is 0. The van der Waals surface area contributed by atoms with E-state index in [0.29, 0.717) is 26.2 Å². The number of nitrogens with zero attached hydrogens (tertiary/aromatic N) is 1. The van der Waals surface area contributed by atoms with Crippen molar-refractivity contribution in [3.63, 3.8) is 0 Å². The smallest absolute Gasteiger partial charge is 0.326 e. The lowest BCUT2D eigenvalue weighted by molar-refractivity contribution is -0.139. The molecule has 7 nitrogen and oxygen atoms in total. The molecule has 0 aromatic heterocycles. The van der Waals surface area contributed by atoms with Gasteiger partial charge in [-0.05, 0) is 13.3 Å². The van der Waals surface area contributed by atoms with Crippen molar-refractivity contribution in [1.29, 1.82) is 0 Å². The van der Waals surface area contributed by atoms with Gasteiger partial charge in [-0.2, -0.15) is 0 Å². The van der Waals surface area contributed by atoms with Gasteiger partial charge in [0, 0.05) is 20.8 Å². The van der Waals surface area contributed by atoms with E-state index >= 15 is 0 Å². The van der Waals surface area contributed by atoms with E-state index in [-0.39, 0.29) is 6.04 Å². The molecule has 0 aromatic carbocycles. The Labute approximate surface area is 113 Å². The molecule has 2 N–H and O–H groups in total. The molecule has 2 atom stereocenters. The first kappa shape index (κ1) is 17.7. The first-order valence-electron chi connectivity index (χ1n) is 6.25. The van der Waals surface area contributed by atoms with Crippen molar-refractivity contribution in [2.45, 2.75) is 32.4 Å². The quantitative estimate of drug-likeness (QED) is 0.642. The highest BCUT2D eigenvalue weighted by molar-refractivity contribution is 5.82. The van der Waals surface area contributed by atoms with Crippen molar-refractivity contribution in [3.05, 3.63) is 0 Å². The highest BCUT2D eigenvalue weighted by atomic mass is 16.5. The van der Waals surface area contributed by atoms with E-state index in [4.69, 9.17) is 14.6 Å². The van der Waals surface area contributed by atoms with Crippen molar-refractivity contribution in [2.75, 3.05) is 34.0 Å². The van der Waals surface area contributed by atoms with Gasteiger partial charge in [-0.15, -0.1) is 0 Å². The Morgan fingerprint density at radius 2 is 1.95 bits per heavy atom. The van der Waals surface area contributed by atoms with Gasteiger partial charge >= 0.3 is 12.0 Å². The number of nitrogens with one attached hydrogen (secondary N) is 1. The van der Waals surface area contributed by atoms with E-state index in [9.17, 15) is 9.59 Å². The number of carboxylic acid groups (broad SMARTS) is 1. The molecule has 0 aliphatic carbocycles. The van der Waals surface area contributed by atoms with Crippen LogP contribution in [0.3, 0.4) is 0 Å². The fraction of sp³-hybridized carbons (Fsp3) is 0.833. The Hall–Kier alpha value is -1.34. The van der Waals surface area contributed by atoms with Crippen LogP contribution in [0.25, 0.3) is 0 Å². The molecule has 0 rings (SSSR count). The number of ether oxygens (including phenoxy) is 2. The van der Waals surface area contributed by atoms with Crippen LogP contribution in [0.1, 0.15) is 20.3 Å². The van der Waals surface area contributed by atoms with Crippen LogP contribution in [-0.2, 0) is 14.3 Å². The average molecular weight is 276 g/mol. The zero-order valence-electron chi connectivity index (χ0n) is 12.0. The summed E-state index contributed by atoms with van der Waals surface area (Å²) in [6.07, 6.45) is 0.331. The molecule has 0 heterocycles. The van der Waals surface area contributed by atoms with Crippen LogP contribution in [0.5, 0.6) is 0 Å². The minimum atomic E-state index is -1.04. The molecule has 0 aliphatic heterocycles. The first-order chi connectivity index (χ1) is 8.97. The minimum Gasteiger partial charge on any atom is -0.480 e. The number of amides is 2. The molecular formula is C12H24N2O5. The molecular weight excluding hydrogens is 252 g/mol. The third-order valence-electron chi connectivity index (χ3n) is 2.74. The zero-order valence-corrected chi connectivity index (χ0v) is 12.0. The highest BCUT2D eigenvalue weighted by Crippen LogP contribution is 2.02. The Morgan fingerprint density at radius 1 is 1.32 bits per heavy atom. The number of carboxylic acids is 1. The topological polar surface area (TPSA) is 88.1 Å². The normalized spacial score (nSPS) is 13.7. The monoisotopic (exact) mass is 276 g/mol. The van der Waals surface area contributed by atoms with E-state index in [1.54, 1.807) is 21.1 Å². The largest absolute Gasteiger partial charge is 0.480 e. The van der Waals surface area contributed by atoms with Gasteiger partial charge in [-0.1, -0.05) is 6.92 Å². The van der Waals surface area contributed by atoms with Crippen molar-refractivity contribution in [2.24, 2.45) is 0 Å². The number of carbonyl (C=O) groups excluding carboxylic acids is 1. The molecule has 0 radical (unpaired) electrons. The summed E-state index contributed by atoms with van der Waals surface area (Å²) in [4.78, 5) is 24.5. The predicted octanol–water partition coefficient (Wildman–Crippen LogP) is 0.543. The minimum absolute atomic E-state index is 0.161. The summed E-state index contributed by atoms with van der Waals surface area (Å²) in [5.41, 5.74) is 0. The van der Waals surface area contributed by atoms with Gasteiger partial charge in [-0.3, -0.25) is 0 Å². The van der Waals surface area contributed by atoms with E-state index in [0.717, 1.165) is 0 Å². The van der Waals surface area contributed by atoms with Crippen molar-refractivity contribution in [3.8, 4) is 0 Å². The summed E-state index contributed by atoms with van der Waals surface area (Å²) in [5, 5.41) is 11.4. The van der Waals surface area contributed by atoms with Crippen molar-refractivity contribution >= 4 is 12.0 Å². The van der Waals surface area contributed by atoms with Crippen LogP contribution in [0, 0.1) is 0 Å². The summed E-state index contributed by atoms with van der Waals surface area (Å²) in [5.74, 6) is -1.04. The zero-order chi connectivity index (χ0) is 14.8. The van der Waals surface area contributed by atoms with Gasteiger partial charge in [0.15, 0.2) is 0 Å². The number of hydrogen-bond donors (Lipinski definition) is 2. The second kappa shape index (κ2) is 9.57. The number of hydrogen-bond acceptors (Lipinski definition) is 4. The van der Waals surface area contributed by atoms with E-state index in [1.165, 1.54) is 4.90 Å². The maximum atomic E-state index is 12.1. The third-order valence-corrected chi connectivity index (χ3v) is 2.74. The van der Waals surface area contributed by atoms with Gasteiger partial charge in [-0.25, -0.2) is 9.59 Å². The maximum absolute atomic E-state index is 12.1. The second-order valence-corrected chi connectivity index (χ2v) is 4.24. The molecule has 19 heavy (non-hydrogen) atoms. The molecule has 0 aromatic rings. The molecule has 112 valence electrons. The first-order valence-corrected chi connectivity index (χ1v) is 6.25. The Kier molecular flexibility index (Phi) is 8.90. The standard InChI is InChI=1S/C12H24N2O5/c1-5-10(11(15)16)13-12(17)14(6-7-18-3)9(2)8-19-4/h9-10H,5-8H2,1-4H3,(H,13,17)(H,15,16)/t9?,10-/m0/s1. The third kappa shape index (κ3) is 6.40. The molecule has 0 bridgehead atoms. The van der Waals surface area contributed by atoms with Crippen LogP contribution >= 0.6 is 0 Å². The lowest BCUT2D eigenvalue weighted by Gasteiger charge is -2.29. The number of urea groups is 1. The van der Waals surface area contributed by atoms with Gasteiger partial charge in [0.05, 0.1) is 19.3 Å². The van der Waals surface area contributed by atoms with Crippen LogP contribution in [-0.4, -0.2) is 68.1 Å². The fourth-order valence-electron chi connectivity index (χ4n) is 1.61. The van der Waals surface area contributed by atoms with E-state index in [1.807, 2.05) is 6.92 Å². The average Bonchev–Trinajstić information content (AvgIpc) is 2.36. The molecule has 1 unspecified atom stereocenters. The predicted molar refractivity (Wildman–Crippen MR) is 70.2 cm³/mol. The van der Waals surface area contributed by atoms with Crippen molar-refractivity contribution < 1.29 is 24.2 Å². The molecule has 0 fully saturated rings. The van der Waals surface area contributed by atoms with Crippen LogP contribution < -0.4 is 5.32 Å². The Morgan fingerprint density at radius 3 is 2.37 bits per heavy atom. The molecule has 0 aliphatic rings. The van der Waals surface area contributed by atoms with Crippen molar-refractivity contribution in [1.82, 2.24) is 10.2 Å². The summed E-state index contributed by atoms with van der Waals surface area (Å²) in [6, 6.07) is -1.46. The maximum Gasteiger partial charge on any atom is 0.326 e. The van der Waals surface area contributed by atoms with Gasteiger partial charge in [0.2, 0.25) is 0 Å². The molecule has 0 saturated heterocycles. The molecule has 0 spiro atoms. The lowest BCUT2D eigenvalue weighted by atomic mass is 10.2. The number of carbonyl (C=O) groups is 2. The molecule has 7 heteroatoms. The number of aliphatic carboxylic acids is 1. The van der Waals surface area contributed by atoms with Gasteiger partial charge in [0.1, 0.15) is 6.04 Å². The SMILES string of the molecule is CC[C@H](NC(=O)N(CCOC)C(C)COC)C(=O)O. The molecule has 0 saturated carbocycles. The number of methoxy groups -OCH3 is 2. The number of rotatable bonds is 9. The van der Waals surface area contributed by atoms with Crippen LogP contribution in [0.2, 0.25) is 0 Å². The van der Waals surface area contributed by atoms with Crippen LogP contribution in [0.4, 0.5) is 4.79 Å². The Bertz CT molecular complexity index is 285. The summed E-state index contributed by atoms with van der Waals surface area (Å²) in [7, 11) is 3.10. The highest BCUT2D eigenvalue weighted by Gasteiger charge is 2.24. The summed E-state index contributed by atoms with van der Waals surface area (Å²) in [6.45, 7) is 4.67. The van der Waals surface area contributed by atoms with Gasteiger partial charge in [0.25, 0.3) is 0 Å². The lowest BCUT2D eigenvalue weighted by Crippen LogP contribution is -2.52. The summed E-state index contributed by atoms with van der Waals surface area (Å²) < 4.78 is 9.97. The second-order valence-electron chi connectivity index (χ2n) is 4.24. The fourth-order valence-corrected chi connectivity index (χ4v) is 1.61. The molecule has 2 amide bonds. The Balaban J connectivity index is 4.64. The van der Waals surface area contributed by atoms with Gasteiger partial charge < -0.3 is 24.8 Å². The van der Waals surface area contributed by atoms with Crippen LogP contribution in [0.15, 0.2) is 0 Å². The van der Waals surface area contributed by atoms with E-state index in [2.05, 4.69) is 5.32 Å². The van der Waals surface area contributed by atoms with E-state index < -0.39 is 18.0 Å².